The highest BCUT2D eigenvalue weighted by atomic mass is 32.1. The third-order valence-corrected chi connectivity index (χ3v) is 4.69. The van der Waals surface area contributed by atoms with Crippen molar-refractivity contribution < 1.29 is 19.1 Å². The zero-order valence-electron chi connectivity index (χ0n) is 12.2. The summed E-state index contributed by atoms with van der Waals surface area (Å²) in [7, 11) is 0. The zero-order valence-corrected chi connectivity index (χ0v) is 13.1. The molecule has 1 aliphatic heterocycles. The van der Waals surface area contributed by atoms with Gasteiger partial charge in [-0.2, -0.15) is 0 Å². The average Bonchev–Trinajstić information content (AvgIpc) is 3.26. The smallest absolute Gasteiger partial charge is 0.263 e. The Morgan fingerprint density at radius 1 is 1.64 bits per heavy atom. The molecule has 0 aliphatic carbocycles. The summed E-state index contributed by atoms with van der Waals surface area (Å²) >= 11 is 1.33. The highest BCUT2D eigenvalue weighted by Gasteiger charge is 2.28. The van der Waals surface area contributed by atoms with Gasteiger partial charge in [0.25, 0.3) is 5.91 Å². The van der Waals surface area contributed by atoms with Gasteiger partial charge in [-0.1, -0.05) is 0 Å². The molecule has 2 unspecified atom stereocenters. The summed E-state index contributed by atoms with van der Waals surface area (Å²) < 4.78 is 10.7. The minimum Gasteiger partial charge on any atom is -0.466 e. The summed E-state index contributed by atoms with van der Waals surface area (Å²) in [6.07, 6.45) is 5.03. The van der Waals surface area contributed by atoms with Gasteiger partial charge in [0.2, 0.25) is 0 Å². The number of nitrogens with one attached hydrogen (secondary N) is 1. The van der Waals surface area contributed by atoms with Crippen molar-refractivity contribution in [3.8, 4) is 0 Å². The van der Waals surface area contributed by atoms with Crippen LogP contribution in [0.4, 0.5) is 0 Å². The van der Waals surface area contributed by atoms with Crippen molar-refractivity contribution in [2.24, 2.45) is 0 Å². The quantitative estimate of drug-likeness (QED) is 0.882. The van der Waals surface area contributed by atoms with E-state index in [9.17, 15) is 9.90 Å². The molecule has 118 valence electrons. The van der Waals surface area contributed by atoms with Gasteiger partial charge in [0, 0.05) is 6.61 Å². The molecule has 0 aromatic carbocycles. The van der Waals surface area contributed by atoms with Crippen LogP contribution in [-0.4, -0.2) is 29.1 Å². The molecule has 0 radical (unpaired) electrons. The molecule has 0 spiro atoms. The third kappa shape index (κ3) is 3.21. The summed E-state index contributed by atoms with van der Waals surface area (Å²) in [5, 5.41) is 13.9. The number of aliphatic hydroxyl groups is 1. The van der Waals surface area contributed by atoms with Gasteiger partial charge in [0.05, 0.1) is 19.0 Å². The zero-order chi connectivity index (χ0) is 15.6. The van der Waals surface area contributed by atoms with Gasteiger partial charge >= 0.3 is 0 Å². The summed E-state index contributed by atoms with van der Waals surface area (Å²) in [6, 6.07) is 3.37. The first-order valence-corrected chi connectivity index (χ1v) is 8.00. The van der Waals surface area contributed by atoms with Crippen molar-refractivity contribution in [2.45, 2.75) is 31.5 Å². The number of ether oxygens (including phenoxy) is 1. The van der Waals surface area contributed by atoms with Crippen LogP contribution in [0.2, 0.25) is 0 Å². The number of furan rings is 1. The highest BCUT2D eigenvalue weighted by molar-refractivity contribution is 7.13. The molecule has 2 atom stereocenters. The second-order valence-corrected chi connectivity index (χ2v) is 6.56. The molecule has 1 fully saturated rings. The van der Waals surface area contributed by atoms with Crippen molar-refractivity contribution in [3.63, 3.8) is 0 Å². The largest absolute Gasteiger partial charge is 0.466 e. The highest BCUT2D eigenvalue weighted by Crippen LogP contribution is 2.31. The Kier molecular flexibility index (Phi) is 4.28. The lowest BCUT2D eigenvalue weighted by atomic mass is 10.0. The maximum Gasteiger partial charge on any atom is 0.263 e. The fourth-order valence-electron chi connectivity index (χ4n) is 2.33. The molecular weight excluding hydrogens is 304 g/mol. The summed E-state index contributed by atoms with van der Waals surface area (Å²) in [5.41, 5.74) is -1.25. The molecular formula is C15H18N2O4S. The summed E-state index contributed by atoms with van der Waals surface area (Å²) in [4.78, 5) is 16.9. The van der Waals surface area contributed by atoms with E-state index >= 15 is 0 Å². The second-order valence-electron chi connectivity index (χ2n) is 5.50. The van der Waals surface area contributed by atoms with Gasteiger partial charge in [-0.3, -0.25) is 4.79 Å². The molecule has 2 aromatic heterocycles. The predicted molar refractivity (Wildman–Crippen MR) is 80.7 cm³/mol. The fraction of sp³-hybridized carbons (Fsp3) is 0.467. The normalized spacial score (nSPS) is 20.7. The van der Waals surface area contributed by atoms with E-state index in [1.807, 2.05) is 0 Å². The van der Waals surface area contributed by atoms with Crippen LogP contribution in [0.3, 0.4) is 0 Å². The number of amides is 1. The van der Waals surface area contributed by atoms with Crippen molar-refractivity contribution in [2.75, 3.05) is 13.2 Å². The number of carbonyl (C=O) groups is 1. The maximum atomic E-state index is 12.2. The van der Waals surface area contributed by atoms with E-state index in [0.29, 0.717) is 10.6 Å². The van der Waals surface area contributed by atoms with Crippen LogP contribution in [0.15, 0.2) is 29.0 Å². The lowest BCUT2D eigenvalue weighted by molar-refractivity contribution is 0.0331. The lowest BCUT2D eigenvalue weighted by Gasteiger charge is -2.20. The molecule has 3 heterocycles. The van der Waals surface area contributed by atoms with E-state index in [1.54, 1.807) is 25.3 Å². The monoisotopic (exact) mass is 322 g/mol. The van der Waals surface area contributed by atoms with E-state index in [4.69, 9.17) is 9.15 Å². The predicted octanol–water partition coefficient (Wildman–Crippen LogP) is 2.23. The number of carbonyl (C=O) groups excluding carboxylic acids is 1. The van der Waals surface area contributed by atoms with Crippen molar-refractivity contribution in [1.29, 1.82) is 0 Å². The van der Waals surface area contributed by atoms with E-state index in [0.717, 1.165) is 24.5 Å². The molecule has 1 amide bonds. The molecule has 0 bridgehead atoms. The van der Waals surface area contributed by atoms with Crippen molar-refractivity contribution >= 4 is 17.2 Å². The van der Waals surface area contributed by atoms with Crippen LogP contribution in [-0.2, 0) is 10.3 Å². The van der Waals surface area contributed by atoms with Crippen LogP contribution in [0, 0.1) is 0 Å². The van der Waals surface area contributed by atoms with Crippen LogP contribution < -0.4 is 5.32 Å². The second kappa shape index (κ2) is 6.20. The topological polar surface area (TPSA) is 84.6 Å². The fourth-order valence-corrected chi connectivity index (χ4v) is 3.24. The molecule has 1 saturated heterocycles. The third-order valence-electron chi connectivity index (χ3n) is 3.60. The van der Waals surface area contributed by atoms with Gasteiger partial charge < -0.3 is 19.6 Å². The molecule has 6 nitrogen and oxygen atoms in total. The minimum atomic E-state index is -1.25. The number of thiazole rings is 1. The molecule has 2 N–H and O–H groups in total. The number of hydrogen-bond acceptors (Lipinski definition) is 6. The molecule has 3 rings (SSSR count). The average molecular weight is 322 g/mol. The van der Waals surface area contributed by atoms with Gasteiger partial charge in [-0.05, 0) is 31.9 Å². The Morgan fingerprint density at radius 3 is 3.18 bits per heavy atom. The van der Waals surface area contributed by atoms with Gasteiger partial charge in [-0.25, -0.2) is 4.98 Å². The Morgan fingerprint density at radius 2 is 2.50 bits per heavy atom. The molecule has 1 aliphatic rings. The molecule has 22 heavy (non-hydrogen) atoms. The Bertz CT molecular complexity index is 630. The summed E-state index contributed by atoms with van der Waals surface area (Å²) in [5.74, 6) is 0.158. The van der Waals surface area contributed by atoms with Gasteiger partial charge in [0.15, 0.2) is 0 Å². The van der Waals surface area contributed by atoms with E-state index in [-0.39, 0.29) is 18.6 Å². The Hall–Kier alpha value is -1.70. The van der Waals surface area contributed by atoms with Crippen LogP contribution in [0.25, 0.3) is 0 Å². The number of hydrogen-bond donors (Lipinski definition) is 2. The lowest BCUT2D eigenvalue weighted by Crippen LogP contribution is -2.38. The first kappa shape index (κ1) is 15.2. The van der Waals surface area contributed by atoms with Crippen LogP contribution >= 0.6 is 11.3 Å². The number of aromatic nitrogens is 1. The van der Waals surface area contributed by atoms with E-state index in [2.05, 4.69) is 10.3 Å². The first-order valence-electron chi connectivity index (χ1n) is 7.18. The molecule has 7 heteroatoms. The minimum absolute atomic E-state index is 0.0118. The number of rotatable bonds is 5. The maximum absolute atomic E-state index is 12.2. The number of nitrogens with zero attached hydrogens (tertiary/aromatic N) is 1. The van der Waals surface area contributed by atoms with E-state index < -0.39 is 5.60 Å². The molecule has 0 saturated carbocycles. The summed E-state index contributed by atoms with van der Waals surface area (Å²) in [6.45, 7) is 2.40. The van der Waals surface area contributed by atoms with Crippen molar-refractivity contribution in [3.05, 3.63) is 40.2 Å². The SMILES string of the molecule is CC(O)(CNC(=O)c1cnc(C2CCCO2)s1)c1ccco1. The Labute approximate surface area is 132 Å². The Balaban J connectivity index is 1.60. The van der Waals surface area contributed by atoms with E-state index in [1.165, 1.54) is 17.6 Å². The van der Waals surface area contributed by atoms with Gasteiger partial charge in [-0.15, -0.1) is 11.3 Å². The first-order chi connectivity index (χ1) is 10.6. The van der Waals surface area contributed by atoms with Crippen molar-refractivity contribution in [1.82, 2.24) is 10.3 Å². The van der Waals surface area contributed by atoms with Crippen LogP contribution in [0.5, 0.6) is 0 Å². The standard InChI is InChI=1S/C15H18N2O4S/c1-15(19,12-5-3-7-21-12)9-17-13(18)11-8-16-14(22-11)10-4-2-6-20-10/h3,5,7-8,10,19H,2,4,6,9H2,1H3,(H,17,18). The van der Waals surface area contributed by atoms with Gasteiger partial charge in [0.1, 0.15) is 27.4 Å². The van der Waals surface area contributed by atoms with Crippen LogP contribution in [0.1, 0.15) is 46.3 Å². The molecule has 2 aromatic rings.